The molecule has 60 valence electrons. The number of carboxylic acids is 1. The lowest BCUT2D eigenvalue weighted by molar-refractivity contribution is -0.137. The third-order valence-corrected chi connectivity index (χ3v) is 1.29. The van der Waals surface area contributed by atoms with Gasteiger partial charge in [-0.25, -0.2) is 0 Å². The number of nitrogens with zero attached hydrogens (tertiary/aromatic N) is 1. The van der Waals surface area contributed by atoms with Crippen LogP contribution in [0.4, 0.5) is 0 Å². The Morgan fingerprint density at radius 2 is 2.45 bits per heavy atom. The number of carboxylic acid groups (broad SMARTS) is 1. The summed E-state index contributed by atoms with van der Waals surface area (Å²) in [6, 6.07) is 0. The smallest absolute Gasteiger partial charge is 0.323 e. The van der Waals surface area contributed by atoms with Crippen LogP contribution in [0.2, 0.25) is 0 Å². The van der Waals surface area contributed by atoms with Crippen molar-refractivity contribution in [2.45, 2.75) is 0 Å². The zero-order chi connectivity index (χ0) is 8.27. The monoisotopic (exact) mass is 155 g/mol. The van der Waals surface area contributed by atoms with Crippen molar-refractivity contribution in [2.24, 2.45) is 0 Å². The van der Waals surface area contributed by atoms with Gasteiger partial charge in [0.1, 0.15) is 12.3 Å². The van der Waals surface area contributed by atoms with Gasteiger partial charge in [-0.2, -0.15) is 0 Å². The highest BCUT2D eigenvalue weighted by atomic mass is 16.4. The predicted octanol–water partition coefficient (Wildman–Crippen LogP) is 0.342. The first-order valence-corrected chi connectivity index (χ1v) is 3.20. The summed E-state index contributed by atoms with van der Waals surface area (Å²) in [6.07, 6.45) is 4.79. The van der Waals surface area contributed by atoms with Crippen molar-refractivity contribution in [1.82, 2.24) is 4.90 Å². The SMILES string of the molecule is O=C(O)CN1C=CC=C(O)C1. The Morgan fingerprint density at radius 1 is 1.73 bits per heavy atom. The highest BCUT2D eigenvalue weighted by Gasteiger charge is 2.08. The third-order valence-electron chi connectivity index (χ3n) is 1.29. The second kappa shape index (κ2) is 3.09. The fourth-order valence-electron chi connectivity index (χ4n) is 0.872. The molecule has 1 aliphatic heterocycles. The molecule has 0 aromatic carbocycles. The second-order valence-corrected chi connectivity index (χ2v) is 2.30. The van der Waals surface area contributed by atoms with Crippen LogP contribution >= 0.6 is 0 Å². The van der Waals surface area contributed by atoms with Crippen molar-refractivity contribution in [3.63, 3.8) is 0 Å². The van der Waals surface area contributed by atoms with Gasteiger partial charge in [0.2, 0.25) is 0 Å². The molecule has 1 aliphatic rings. The lowest BCUT2D eigenvalue weighted by atomic mass is 10.3. The van der Waals surface area contributed by atoms with E-state index < -0.39 is 5.97 Å². The standard InChI is InChI=1S/C7H9NO3/c9-6-2-1-3-8(4-6)5-7(10)11/h1-3,9H,4-5H2,(H,10,11). The maximum absolute atomic E-state index is 10.2. The van der Waals surface area contributed by atoms with Crippen molar-refractivity contribution >= 4 is 5.97 Å². The molecule has 4 heteroatoms. The summed E-state index contributed by atoms with van der Waals surface area (Å²) in [5.74, 6) is -0.710. The van der Waals surface area contributed by atoms with E-state index in [1.807, 2.05) is 0 Å². The molecule has 0 aromatic rings. The van der Waals surface area contributed by atoms with Gasteiger partial charge in [-0.05, 0) is 12.2 Å². The molecule has 0 unspecified atom stereocenters. The summed E-state index contributed by atoms with van der Waals surface area (Å²) in [4.78, 5) is 11.7. The lowest BCUT2D eigenvalue weighted by Gasteiger charge is -2.19. The molecule has 0 aliphatic carbocycles. The fourth-order valence-corrected chi connectivity index (χ4v) is 0.872. The summed E-state index contributed by atoms with van der Waals surface area (Å²) < 4.78 is 0. The number of aliphatic hydroxyl groups excluding tert-OH is 1. The zero-order valence-electron chi connectivity index (χ0n) is 5.90. The molecule has 0 fully saturated rings. The van der Waals surface area contributed by atoms with Crippen LogP contribution in [0, 0.1) is 0 Å². The Labute approximate surface area is 64.1 Å². The molecule has 2 N–H and O–H groups in total. The summed E-state index contributed by atoms with van der Waals surface area (Å²) in [7, 11) is 0. The van der Waals surface area contributed by atoms with E-state index in [9.17, 15) is 4.79 Å². The molecular weight excluding hydrogens is 146 g/mol. The molecule has 0 amide bonds. The summed E-state index contributed by atoms with van der Waals surface area (Å²) in [5, 5.41) is 17.3. The van der Waals surface area contributed by atoms with E-state index in [4.69, 9.17) is 10.2 Å². The van der Waals surface area contributed by atoms with Crippen molar-refractivity contribution in [3.05, 3.63) is 24.1 Å². The van der Waals surface area contributed by atoms with E-state index in [1.165, 1.54) is 4.90 Å². The first-order chi connectivity index (χ1) is 5.18. The Kier molecular flexibility index (Phi) is 2.15. The molecule has 0 aromatic heterocycles. The van der Waals surface area contributed by atoms with E-state index in [0.717, 1.165) is 0 Å². The van der Waals surface area contributed by atoms with Crippen LogP contribution in [0.3, 0.4) is 0 Å². The van der Waals surface area contributed by atoms with Crippen LogP contribution in [-0.2, 0) is 4.79 Å². The average molecular weight is 155 g/mol. The second-order valence-electron chi connectivity index (χ2n) is 2.30. The zero-order valence-corrected chi connectivity index (χ0v) is 5.90. The van der Waals surface area contributed by atoms with E-state index in [0.29, 0.717) is 0 Å². The fraction of sp³-hybridized carbons (Fsp3) is 0.286. The average Bonchev–Trinajstić information content (AvgIpc) is 1.85. The highest BCUT2D eigenvalue weighted by molar-refractivity contribution is 5.69. The lowest BCUT2D eigenvalue weighted by Crippen LogP contribution is -2.27. The van der Waals surface area contributed by atoms with Gasteiger partial charge in [-0.15, -0.1) is 0 Å². The Hall–Kier alpha value is -1.45. The number of hydrogen-bond acceptors (Lipinski definition) is 3. The van der Waals surface area contributed by atoms with Crippen LogP contribution < -0.4 is 0 Å². The number of hydrogen-bond donors (Lipinski definition) is 2. The minimum Gasteiger partial charge on any atom is -0.510 e. The minimum atomic E-state index is -0.899. The number of rotatable bonds is 2. The number of carbonyl (C=O) groups is 1. The Morgan fingerprint density at radius 3 is 3.00 bits per heavy atom. The van der Waals surface area contributed by atoms with Gasteiger partial charge >= 0.3 is 5.97 Å². The summed E-state index contributed by atoms with van der Waals surface area (Å²) in [6.45, 7) is 0.206. The van der Waals surface area contributed by atoms with Gasteiger partial charge in [0.25, 0.3) is 0 Å². The molecule has 1 heterocycles. The molecule has 0 saturated heterocycles. The van der Waals surface area contributed by atoms with Crippen molar-refractivity contribution in [2.75, 3.05) is 13.1 Å². The molecule has 1 rings (SSSR count). The maximum Gasteiger partial charge on any atom is 0.323 e. The molecule has 0 radical (unpaired) electrons. The molecular formula is C7H9NO3. The van der Waals surface area contributed by atoms with Crippen molar-refractivity contribution in [1.29, 1.82) is 0 Å². The van der Waals surface area contributed by atoms with Crippen molar-refractivity contribution in [3.8, 4) is 0 Å². The molecule has 0 bridgehead atoms. The van der Waals surface area contributed by atoms with Crippen molar-refractivity contribution < 1.29 is 15.0 Å². The first kappa shape index (κ1) is 7.65. The molecule has 0 spiro atoms. The third kappa shape index (κ3) is 2.33. The highest BCUT2D eigenvalue weighted by Crippen LogP contribution is 2.02. The summed E-state index contributed by atoms with van der Waals surface area (Å²) >= 11 is 0. The molecule has 0 atom stereocenters. The van der Waals surface area contributed by atoms with Crippen LogP contribution in [0.1, 0.15) is 0 Å². The van der Waals surface area contributed by atoms with Crippen LogP contribution in [-0.4, -0.2) is 34.2 Å². The molecule has 0 saturated carbocycles. The normalized spacial score (nSPS) is 16.4. The van der Waals surface area contributed by atoms with Crippen LogP contribution in [0.15, 0.2) is 24.1 Å². The largest absolute Gasteiger partial charge is 0.510 e. The van der Waals surface area contributed by atoms with Gasteiger partial charge in [0, 0.05) is 6.20 Å². The first-order valence-electron chi connectivity index (χ1n) is 3.20. The summed E-state index contributed by atoms with van der Waals surface area (Å²) in [5.41, 5.74) is 0. The van der Waals surface area contributed by atoms with E-state index in [2.05, 4.69) is 0 Å². The number of allylic oxidation sites excluding steroid dienone is 2. The van der Waals surface area contributed by atoms with E-state index in [-0.39, 0.29) is 18.8 Å². The van der Waals surface area contributed by atoms with Gasteiger partial charge in [-0.1, -0.05) is 0 Å². The van der Waals surface area contributed by atoms with Gasteiger partial charge in [-0.3, -0.25) is 4.79 Å². The Bertz CT molecular complexity index is 218. The minimum absolute atomic E-state index is 0.0750. The number of aliphatic hydroxyl groups is 1. The predicted molar refractivity (Wildman–Crippen MR) is 39.1 cm³/mol. The topological polar surface area (TPSA) is 60.8 Å². The quantitative estimate of drug-likeness (QED) is 0.603. The number of aliphatic carboxylic acids is 1. The van der Waals surface area contributed by atoms with E-state index in [1.54, 1.807) is 18.4 Å². The molecule has 4 nitrogen and oxygen atoms in total. The maximum atomic E-state index is 10.2. The van der Waals surface area contributed by atoms with Crippen LogP contribution in [0.5, 0.6) is 0 Å². The Balaban J connectivity index is 2.46. The van der Waals surface area contributed by atoms with Gasteiger partial charge in [0.05, 0.1) is 6.54 Å². The van der Waals surface area contributed by atoms with E-state index >= 15 is 0 Å². The van der Waals surface area contributed by atoms with Gasteiger partial charge < -0.3 is 15.1 Å². The molecule has 11 heavy (non-hydrogen) atoms. The van der Waals surface area contributed by atoms with Gasteiger partial charge in [0.15, 0.2) is 0 Å². The van der Waals surface area contributed by atoms with Crippen LogP contribution in [0.25, 0.3) is 0 Å².